The number of pyridine rings is 1. The summed E-state index contributed by atoms with van der Waals surface area (Å²) in [5, 5.41) is 6.17. The normalized spacial score (nSPS) is 10.3. The maximum Gasteiger partial charge on any atom is 0.274 e. The van der Waals surface area contributed by atoms with Crippen molar-refractivity contribution in [1.29, 1.82) is 0 Å². The third-order valence-corrected chi connectivity index (χ3v) is 4.63. The third kappa shape index (κ3) is 5.04. The van der Waals surface area contributed by atoms with Gasteiger partial charge in [0.2, 0.25) is 0 Å². The zero-order valence-corrected chi connectivity index (χ0v) is 17.0. The molecule has 0 aliphatic carbocycles. The Morgan fingerprint density at radius 3 is 2.41 bits per heavy atom. The number of methoxy groups -OCH3 is 1. The molecule has 3 aromatic rings. The fraction of sp³-hybridized carbons (Fsp3) is 0.217. The second-order valence-electron chi connectivity index (χ2n) is 6.43. The van der Waals surface area contributed by atoms with E-state index in [4.69, 9.17) is 4.74 Å². The van der Waals surface area contributed by atoms with Crippen LogP contribution in [0.3, 0.4) is 0 Å². The average molecular weight is 390 g/mol. The second kappa shape index (κ2) is 9.59. The van der Waals surface area contributed by atoms with Crippen LogP contribution in [0.1, 0.15) is 24.3 Å². The van der Waals surface area contributed by atoms with Crippen molar-refractivity contribution < 1.29 is 9.53 Å². The minimum absolute atomic E-state index is 0.260. The lowest BCUT2D eigenvalue weighted by molar-refractivity contribution is 0.102. The van der Waals surface area contributed by atoms with Crippen molar-refractivity contribution in [1.82, 2.24) is 4.98 Å². The van der Waals surface area contributed by atoms with Gasteiger partial charge in [0.1, 0.15) is 11.4 Å². The Balaban J connectivity index is 1.71. The van der Waals surface area contributed by atoms with E-state index in [0.717, 1.165) is 41.6 Å². The lowest BCUT2D eigenvalue weighted by atomic mass is 10.2. The van der Waals surface area contributed by atoms with Gasteiger partial charge in [-0.1, -0.05) is 12.1 Å². The first kappa shape index (κ1) is 20.2. The summed E-state index contributed by atoms with van der Waals surface area (Å²) >= 11 is 0. The molecule has 1 aromatic heterocycles. The van der Waals surface area contributed by atoms with Crippen molar-refractivity contribution in [2.75, 3.05) is 35.7 Å². The van der Waals surface area contributed by atoms with E-state index in [1.54, 1.807) is 19.4 Å². The van der Waals surface area contributed by atoms with Gasteiger partial charge in [0.25, 0.3) is 5.91 Å². The molecule has 1 heterocycles. The second-order valence-corrected chi connectivity index (χ2v) is 6.43. The Morgan fingerprint density at radius 2 is 1.72 bits per heavy atom. The molecule has 29 heavy (non-hydrogen) atoms. The van der Waals surface area contributed by atoms with E-state index < -0.39 is 0 Å². The number of benzene rings is 2. The topological polar surface area (TPSA) is 66.5 Å². The number of rotatable bonds is 8. The van der Waals surface area contributed by atoms with Crippen LogP contribution in [0, 0.1) is 0 Å². The summed E-state index contributed by atoms with van der Waals surface area (Å²) in [6.45, 7) is 6.13. The summed E-state index contributed by atoms with van der Waals surface area (Å²) in [4.78, 5) is 19.1. The molecule has 3 rings (SSSR count). The fourth-order valence-corrected chi connectivity index (χ4v) is 3.08. The molecule has 0 atom stereocenters. The molecule has 0 radical (unpaired) electrons. The number of para-hydroxylation sites is 2. The van der Waals surface area contributed by atoms with E-state index in [1.807, 2.05) is 54.6 Å². The summed E-state index contributed by atoms with van der Waals surface area (Å²) in [6.07, 6.45) is 1.61. The van der Waals surface area contributed by atoms with Gasteiger partial charge in [0, 0.05) is 36.3 Å². The van der Waals surface area contributed by atoms with Crippen LogP contribution in [0.25, 0.3) is 0 Å². The Labute approximate surface area is 171 Å². The summed E-state index contributed by atoms with van der Waals surface area (Å²) < 4.78 is 5.36. The highest BCUT2D eigenvalue weighted by Crippen LogP contribution is 2.27. The predicted molar refractivity (Wildman–Crippen MR) is 118 cm³/mol. The lowest BCUT2D eigenvalue weighted by Crippen LogP contribution is -2.21. The number of nitrogens with one attached hydrogen (secondary N) is 2. The molecule has 0 fully saturated rings. The first-order chi connectivity index (χ1) is 14.1. The minimum atomic E-state index is -0.260. The Kier molecular flexibility index (Phi) is 6.68. The van der Waals surface area contributed by atoms with Crippen molar-refractivity contribution in [3.63, 3.8) is 0 Å². The molecule has 0 aliphatic rings. The number of carbonyl (C=O) groups is 1. The summed E-state index contributed by atoms with van der Waals surface area (Å²) in [7, 11) is 1.62. The molecule has 0 saturated carbocycles. The number of aromatic nitrogens is 1. The number of hydrogen-bond acceptors (Lipinski definition) is 5. The van der Waals surface area contributed by atoms with E-state index in [9.17, 15) is 4.79 Å². The van der Waals surface area contributed by atoms with Crippen molar-refractivity contribution in [3.8, 4) is 5.75 Å². The quantitative estimate of drug-likeness (QED) is 0.571. The molecule has 0 spiro atoms. The fourth-order valence-electron chi connectivity index (χ4n) is 3.08. The van der Waals surface area contributed by atoms with Gasteiger partial charge >= 0.3 is 0 Å². The molecular formula is C23H26N4O2. The van der Waals surface area contributed by atoms with Gasteiger partial charge in [0.15, 0.2) is 0 Å². The third-order valence-electron chi connectivity index (χ3n) is 4.63. The molecule has 150 valence electrons. The van der Waals surface area contributed by atoms with Crippen LogP contribution in [-0.4, -0.2) is 31.1 Å². The number of anilines is 4. The molecular weight excluding hydrogens is 364 g/mol. The molecule has 1 amide bonds. The maximum atomic E-state index is 12.6. The first-order valence-electron chi connectivity index (χ1n) is 9.67. The number of carbonyl (C=O) groups excluding carboxylic acids is 1. The van der Waals surface area contributed by atoms with Crippen molar-refractivity contribution in [2.45, 2.75) is 13.8 Å². The van der Waals surface area contributed by atoms with Gasteiger partial charge in [-0.05, 0) is 62.4 Å². The van der Waals surface area contributed by atoms with E-state index in [1.165, 1.54) is 0 Å². The number of hydrogen-bond donors (Lipinski definition) is 2. The van der Waals surface area contributed by atoms with Crippen LogP contribution in [0.4, 0.5) is 22.7 Å². The molecule has 0 aliphatic heterocycles. The van der Waals surface area contributed by atoms with Crippen LogP contribution in [0.15, 0.2) is 66.9 Å². The highest BCUT2D eigenvalue weighted by molar-refractivity contribution is 6.03. The number of nitrogens with zero attached hydrogens (tertiary/aromatic N) is 2. The van der Waals surface area contributed by atoms with E-state index >= 15 is 0 Å². The molecule has 0 bridgehead atoms. The zero-order chi connectivity index (χ0) is 20.6. The van der Waals surface area contributed by atoms with Crippen LogP contribution >= 0.6 is 0 Å². The van der Waals surface area contributed by atoms with Crippen LogP contribution in [-0.2, 0) is 0 Å². The largest absolute Gasteiger partial charge is 0.495 e. The van der Waals surface area contributed by atoms with Gasteiger partial charge in [-0.3, -0.25) is 9.78 Å². The Hall–Kier alpha value is -3.54. The molecule has 0 saturated heterocycles. The van der Waals surface area contributed by atoms with Gasteiger partial charge in [-0.25, -0.2) is 0 Å². The van der Waals surface area contributed by atoms with Gasteiger partial charge in [0.05, 0.1) is 12.8 Å². The van der Waals surface area contributed by atoms with Crippen LogP contribution in [0.5, 0.6) is 5.75 Å². The number of ether oxygens (including phenoxy) is 1. The molecule has 6 nitrogen and oxygen atoms in total. The van der Waals surface area contributed by atoms with Crippen LogP contribution < -0.4 is 20.3 Å². The summed E-state index contributed by atoms with van der Waals surface area (Å²) in [5.74, 6) is 0.466. The minimum Gasteiger partial charge on any atom is -0.495 e. The lowest BCUT2D eigenvalue weighted by Gasteiger charge is -2.21. The first-order valence-corrected chi connectivity index (χ1v) is 9.67. The smallest absolute Gasteiger partial charge is 0.274 e. The summed E-state index contributed by atoms with van der Waals surface area (Å²) in [6, 6.07) is 19.0. The number of amides is 1. The van der Waals surface area contributed by atoms with Crippen molar-refractivity contribution in [2.24, 2.45) is 0 Å². The average Bonchev–Trinajstić information content (AvgIpc) is 2.76. The van der Waals surface area contributed by atoms with Crippen molar-refractivity contribution in [3.05, 3.63) is 72.6 Å². The SMILES string of the molecule is CCN(CC)c1ccc(NC(=O)c2cc(Nc3ccccc3OC)ccn2)cc1. The van der Waals surface area contributed by atoms with Crippen molar-refractivity contribution >= 4 is 28.7 Å². The van der Waals surface area contributed by atoms with E-state index in [2.05, 4.69) is 34.4 Å². The Morgan fingerprint density at radius 1 is 1.00 bits per heavy atom. The molecule has 2 aromatic carbocycles. The van der Waals surface area contributed by atoms with E-state index in [-0.39, 0.29) is 5.91 Å². The highest BCUT2D eigenvalue weighted by atomic mass is 16.5. The molecule has 0 unspecified atom stereocenters. The summed E-state index contributed by atoms with van der Waals surface area (Å²) in [5.41, 5.74) is 3.77. The monoisotopic (exact) mass is 390 g/mol. The van der Waals surface area contributed by atoms with Gasteiger partial charge in [-0.15, -0.1) is 0 Å². The molecule has 6 heteroatoms. The Bertz CT molecular complexity index is 953. The van der Waals surface area contributed by atoms with Gasteiger partial charge < -0.3 is 20.3 Å². The molecule has 2 N–H and O–H groups in total. The zero-order valence-electron chi connectivity index (χ0n) is 17.0. The highest BCUT2D eigenvalue weighted by Gasteiger charge is 2.10. The standard InChI is InChI=1S/C23H26N4O2/c1-4-27(5-2)19-12-10-17(11-13-19)26-23(28)21-16-18(14-15-24-21)25-20-8-6-7-9-22(20)29-3/h6-16H,4-5H2,1-3H3,(H,24,25)(H,26,28). The van der Waals surface area contributed by atoms with E-state index in [0.29, 0.717) is 5.69 Å². The maximum absolute atomic E-state index is 12.6. The predicted octanol–water partition coefficient (Wildman–Crippen LogP) is 4.93. The van der Waals surface area contributed by atoms with Crippen LogP contribution in [0.2, 0.25) is 0 Å². The van der Waals surface area contributed by atoms with Gasteiger partial charge in [-0.2, -0.15) is 0 Å².